The van der Waals surface area contributed by atoms with Gasteiger partial charge in [-0.15, -0.1) is 0 Å². The van der Waals surface area contributed by atoms with Crippen LogP contribution < -0.4 is 5.32 Å². The Morgan fingerprint density at radius 1 is 1.18 bits per heavy atom. The summed E-state index contributed by atoms with van der Waals surface area (Å²) in [6, 6.07) is 5.19. The average Bonchev–Trinajstić information content (AvgIpc) is 2.75. The van der Waals surface area contributed by atoms with E-state index < -0.39 is 23.3 Å². The molecule has 184 valence electrons. The molecule has 0 radical (unpaired) electrons. The van der Waals surface area contributed by atoms with Crippen molar-refractivity contribution in [1.82, 2.24) is 10.2 Å². The van der Waals surface area contributed by atoms with Gasteiger partial charge in [0.25, 0.3) is 0 Å². The standard InChI is InChI=1S/C26H31F3N2O3/c1-17(14-18(2)22-8-9-23(32)30-24(22)33)15-19(3)25(34)10-12-31(13-11-25)16-20-4-6-21(7-5-20)26(27,28)29/h4-7,14-15,22,34H,2,8-13,16H2,1,3H3,(H,30,32,33)/b17-14+,19-15+. The van der Waals surface area contributed by atoms with Crippen molar-refractivity contribution in [3.63, 3.8) is 0 Å². The van der Waals surface area contributed by atoms with Crippen LogP contribution in [0.15, 0.2) is 59.7 Å². The van der Waals surface area contributed by atoms with Gasteiger partial charge < -0.3 is 5.11 Å². The normalized spacial score (nSPS) is 22.5. The van der Waals surface area contributed by atoms with E-state index in [1.54, 1.807) is 0 Å². The molecule has 0 aromatic heterocycles. The molecule has 0 aliphatic carbocycles. The average molecular weight is 477 g/mol. The summed E-state index contributed by atoms with van der Waals surface area (Å²) >= 11 is 0. The molecule has 2 aliphatic rings. The molecule has 1 aromatic carbocycles. The molecule has 5 nitrogen and oxygen atoms in total. The summed E-state index contributed by atoms with van der Waals surface area (Å²) in [7, 11) is 0. The molecule has 8 heteroatoms. The van der Waals surface area contributed by atoms with Crippen molar-refractivity contribution in [1.29, 1.82) is 0 Å². The molecule has 1 atom stereocenters. The maximum atomic E-state index is 12.7. The van der Waals surface area contributed by atoms with Gasteiger partial charge in [-0.25, -0.2) is 0 Å². The van der Waals surface area contributed by atoms with Gasteiger partial charge in [-0.1, -0.05) is 36.4 Å². The first-order valence-corrected chi connectivity index (χ1v) is 11.4. The monoisotopic (exact) mass is 476 g/mol. The fourth-order valence-electron chi connectivity index (χ4n) is 4.49. The van der Waals surface area contributed by atoms with Crippen LogP contribution in [-0.4, -0.2) is 40.5 Å². The summed E-state index contributed by atoms with van der Waals surface area (Å²) in [6.07, 6.45) is 1.11. The maximum absolute atomic E-state index is 12.7. The summed E-state index contributed by atoms with van der Waals surface area (Å²) in [4.78, 5) is 25.5. The number of carbonyl (C=O) groups excluding carboxylic acids is 2. The number of hydrogen-bond donors (Lipinski definition) is 2. The number of amides is 2. The number of benzene rings is 1. The summed E-state index contributed by atoms with van der Waals surface area (Å²) in [5, 5.41) is 13.5. The molecule has 0 spiro atoms. The zero-order chi connectivity index (χ0) is 25.1. The molecule has 3 rings (SSSR count). The van der Waals surface area contributed by atoms with Gasteiger partial charge >= 0.3 is 6.18 Å². The lowest BCUT2D eigenvalue weighted by Crippen LogP contribution is -2.44. The van der Waals surface area contributed by atoms with Crippen molar-refractivity contribution in [3.8, 4) is 0 Å². The predicted molar refractivity (Wildman–Crippen MR) is 123 cm³/mol. The highest BCUT2D eigenvalue weighted by molar-refractivity contribution is 6.00. The number of allylic oxidation sites excluding steroid dienone is 3. The van der Waals surface area contributed by atoms with E-state index in [0.717, 1.165) is 28.8 Å². The number of likely N-dealkylation sites (tertiary alicyclic amines) is 1. The zero-order valence-electron chi connectivity index (χ0n) is 19.5. The first-order chi connectivity index (χ1) is 15.9. The molecule has 34 heavy (non-hydrogen) atoms. The highest BCUT2D eigenvalue weighted by Crippen LogP contribution is 2.32. The fraction of sp³-hybridized carbons (Fsp3) is 0.462. The molecular formula is C26H31F3N2O3. The molecule has 2 aliphatic heterocycles. The minimum atomic E-state index is -4.34. The maximum Gasteiger partial charge on any atom is 0.416 e. The van der Waals surface area contributed by atoms with Crippen molar-refractivity contribution >= 4 is 11.8 Å². The number of alkyl halides is 3. The third-order valence-corrected chi connectivity index (χ3v) is 6.65. The third-order valence-electron chi connectivity index (χ3n) is 6.65. The molecular weight excluding hydrogens is 445 g/mol. The Labute approximate surface area is 198 Å². The van der Waals surface area contributed by atoms with E-state index >= 15 is 0 Å². The molecule has 1 unspecified atom stereocenters. The lowest BCUT2D eigenvalue weighted by molar-refractivity contribution is -0.138. The Balaban J connectivity index is 1.57. The van der Waals surface area contributed by atoms with Gasteiger partial charge in [0.05, 0.1) is 17.1 Å². The highest BCUT2D eigenvalue weighted by atomic mass is 19.4. The van der Waals surface area contributed by atoms with Crippen LogP contribution in [0.5, 0.6) is 0 Å². The third kappa shape index (κ3) is 6.45. The molecule has 2 amide bonds. The van der Waals surface area contributed by atoms with Crippen molar-refractivity contribution in [2.24, 2.45) is 5.92 Å². The second kappa shape index (κ2) is 10.3. The van der Waals surface area contributed by atoms with E-state index in [1.165, 1.54) is 12.1 Å². The summed E-state index contributed by atoms with van der Waals surface area (Å²) in [5.74, 6) is -1.03. The lowest BCUT2D eigenvalue weighted by atomic mass is 9.83. The quantitative estimate of drug-likeness (QED) is 0.468. The molecule has 0 bridgehead atoms. The minimum Gasteiger partial charge on any atom is -0.385 e. The second-order valence-electron chi connectivity index (χ2n) is 9.30. The molecule has 2 fully saturated rings. The van der Waals surface area contributed by atoms with Gasteiger partial charge in [0.2, 0.25) is 11.8 Å². The minimum absolute atomic E-state index is 0.266. The number of carbonyl (C=O) groups is 2. The van der Waals surface area contributed by atoms with Crippen LogP contribution in [0.4, 0.5) is 13.2 Å². The first-order valence-electron chi connectivity index (χ1n) is 11.4. The highest BCUT2D eigenvalue weighted by Gasteiger charge is 2.34. The fourth-order valence-corrected chi connectivity index (χ4v) is 4.49. The number of aliphatic hydroxyl groups is 1. The van der Waals surface area contributed by atoms with Gasteiger partial charge in [0.15, 0.2) is 0 Å². The SMILES string of the molecule is C=C(/C=C(C)/C=C(\C)C1(O)CCN(Cc2ccc(C(F)(F)F)cc2)CC1)C1CCC(=O)NC1=O. The topological polar surface area (TPSA) is 69.6 Å². The number of rotatable bonds is 6. The number of halogens is 3. The molecule has 2 heterocycles. The van der Waals surface area contributed by atoms with Gasteiger partial charge in [0.1, 0.15) is 0 Å². The van der Waals surface area contributed by atoms with E-state index in [4.69, 9.17) is 0 Å². The molecule has 2 saturated heterocycles. The van der Waals surface area contributed by atoms with Crippen LogP contribution in [0.25, 0.3) is 0 Å². The van der Waals surface area contributed by atoms with Crippen LogP contribution in [-0.2, 0) is 22.3 Å². The van der Waals surface area contributed by atoms with Crippen LogP contribution in [0, 0.1) is 5.92 Å². The summed E-state index contributed by atoms with van der Waals surface area (Å²) < 4.78 is 38.2. The van der Waals surface area contributed by atoms with Gasteiger partial charge in [-0.2, -0.15) is 13.2 Å². The van der Waals surface area contributed by atoms with Gasteiger partial charge in [0, 0.05) is 26.1 Å². The van der Waals surface area contributed by atoms with Crippen LogP contribution in [0.2, 0.25) is 0 Å². The first kappa shape index (κ1) is 25.9. The van der Waals surface area contributed by atoms with Crippen LogP contribution in [0.1, 0.15) is 50.7 Å². The largest absolute Gasteiger partial charge is 0.416 e. The summed E-state index contributed by atoms with van der Waals surface area (Å²) in [5.41, 5.74) is 1.47. The van der Waals surface area contributed by atoms with Gasteiger partial charge in [-0.3, -0.25) is 19.8 Å². The predicted octanol–water partition coefficient (Wildman–Crippen LogP) is 4.53. The Bertz CT molecular complexity index is 1000. The zero-order valence-corrected chi connectivity index (χ0v) is 19.5. The Morgan fingerprint density at radius 2 is 1.79 bits per heavy atom. The van der Waals surface area contributed by atoms with E-state index in [2.05, 4.69) is 16.8 Å². The lowest BCUT2D eigenvalue weighted by Gasteiger charge is -2.39. The Hall–Kier alpha value is -2.71. The second-order valence-corrected chi connectivity index (χ2v) is 9.30. The van der Waals surface area contributed by atoms with Crippen molar-refractivity contribution in [2.75, 3.05) is 13.1 Å². The van der Waals surface area contributed by atoms with E-state index in [0.29, 0.717) is 50.9 Å². The Kier molecular flexibility index (Phi) is 7.83. The Morgan fingerprint density at radius 3 is 2.35 bits per heavy atom. The number of hydrogen-bond acceptors (Lipinski definition) is 4. The molecule has 1 aromatic rings. The number of piperidine rings is 2. The van der Waals surface area contributed by atoms with Crippen molar-refractivity contribution in [3.05, 3.63) is 70.8 Å². The summed E-state index contributed by atoms with van der Waals surface area (Å²) in [6.45, 7) is 9.51. The van der Waals surface area contributed by atoms with E-state index in [9.17, 15) is 27.9 Å². The van der Waals surface area contributed by atoms with Gasteiger partial charge in [-0.05, 0) is 62.0 Å². The van der Waals surface area contributed by atoms with Crippen LogP contribution in [0.3, 0.4) is 0 Å². The van der Waals surface area contributed by atoms with Crippen molar-refractivity contribution in [2.45, 2.75) is 57.9 Å². The smallest absolute Gasteiger partial charge is 0.385 e. The molecule has 2 N–H and O–H groups in total. The van der Waals surface area contributed by atoms with E-state index in [-0.39, 0.29) is 11.8 Å². The number of nitrogens with one attached hydrogen (secondary N) is 1. The van der Waals surface area contributed by atoms with E-state index in [1.807, 2.05) is 26.0 Å². The van der Waals surface area contributed by atoms with Crippen molar-refractivity contribution < 1.29 is 27.9 Å². The number of imide groups is 1. The molecule has 0 saturated carbocycles. The number of nitrogens with zero attached hydrogens (tertiary/aromatic N) is 1. The van der Waals surface area contributed by atoms with Crippen LogP contribution >= 0.6 is 0 Å².